The summed E-state index contributed by atoms with van der Waals surface area (Å²) in [6.45, 7) is 7.01. The SMILES string of the molecule is Cc1c(Cc2cccc(Cl)c2)c(C(C)C)nn1CCO. The fourth-order valence-corrected chi connectivity index (χ4v) is 2.67. The molecule has 1 heterocycles. The molecule has 2 aromatic rings. The van der Waals surface area contributed by atoms with E-state index in [0.29, 0.717) is 12.5 Å². The largest absolute Gasteiger partial charge is 0.394 e. The zero-order chi connectivity index (χ0) is 14.7. The lowest BCUT2D eigenvalue weighted by molar-refractivity contribution is 0.267. The molecule has 3 nitrogen and oxygen atoms in total. The molecule has 1 N–H and O–H groups in total. The van der Waals surface area contributed by atoms with E-state index in [4.69, 9.17) is 16.7 Å². The van der Waals surface area contributed by atoms with Gasteiger partial charge in [0, 0.05) is 22.7 Å². The average Bonchev–Trinajstić information content (AvgIpc) is 2.69. The minimum Gasteiger partial charge on any atom is -0.394 e. The lowest BCUT2D eigenvalue weighted by Crippen LogP contribution is -2.06. The maximum atomic E-state index is 9.13. The van der Waals surface area contributed by atoms with Crippen LogP contribution in [-0.2, 0) is 13.0 Å². The molecule has 0 amide bonds. The van der Waals surface area contributed by atoms with Crippen LogP contribution in [0.5, 0.6) is 0 Å². The highest BCUT2D eigenvalue weighted by atomic mass is 35.5. The molecule has 4 heteroatoms. The molecule has 1 aromatic carbocycles. The van der Waals surface area contributed by atoms with Crippen molar-refractivity contribution in [2.45, 2.75) is 39.7 Å². The summed E-state index contributed by atoms with van der Waals surface area (Å²) in [6, 6.07) is 7.93. The van der Waals surface area contributed by atoms with Crippen LogP contribution in [0.2, 0.25) is 5.02 Å². The van der Waals surface area contributed by atoms with Crippen molar-refractivity contribution in [2.24, 2.45) is 0 Å². The van der Waals surface area contributed by atoms with Gasteiger partial charge in [-0.3, -0.25) is 4.68 Å². The first-order valence-corrected chi connectivity index (χ1v) is 7.32. The Hall–Kier alpha value is -1.32. The van der Waals surface area contributed by atoms with Gasteiger partial charge in [-0.1, -0.05) is 37.6 Å². The van der Waals surface area contributed by atoms with Gasteiger partial charge in [0.25, 0.3) is 0 Å². The van der Waals surface area contributed by atoms with E-state index in [1.165, 1.54) is 11.1 Å². The van der Waals surface area contributed by atoms with E-state index in [1.807, 2.05) is 22.9 Å². The fourth-order valence-electron chi connectivity index (χ4n) is 2.45. The molecule has 0 radical (unpaired) electrons. The van der Waals surface area contributed by atoms with Crippen LogP contribution in [0.25, 0.3) is 0 Å². The van der Waals surface area contributed by atoms with Crippen molar-refractivity contribution in [3.05, 3.63) is 51.8 Å². The third-order valence-corrected chi connectivity index (χ3v) is 3.73. The monoisotopic (exact) mass is 292 g/mol. The van der Waals surface area contributed by atoms with Crippen molar-refractivity contribution in [3.8, 4) is 0 Å². The van der Waals surface area contributed by atoms with E-state index < -0.39 is 0 Å². The fraction of sp³-hybridized carbons (Fsp3) is 0.438. The summed E-state index contributed by atoms with van der Waals surface area (Å²) in [5.41, 5.74) is 4.67. The summed E-state index contributed by atoms with van der Waals surface area (Å²) < 4.78 is 1.90. The Kier molecular flexibility index (Phi) is 4.84. The molecular formula is C16H21ClN2O. The number of halogens is 1. The molecule has 0 aliphatic heterocycles. The van der Waals surface area contributed by atoms with Gasteiger partial charge in [0.2, 0.25) is 0 Å². The molecule has 0 fully saturated rings. The molecule has 108 valence electrons. The predicted molar refractivity (Wildman–Crippen MR) is 82.4 cm³/mol. The topological polar surface area (TPSA) is 38.0 Å². The van der Waals surface area contributed by atoms with Crippen LogP contribution in [0.4, 0.5) is 0 Å². The lowest BCUT2D eigenvalue weighted by Gasteiger charge is -2.07. The summed E-state index contributed by atoms with van der Waals surface area (Å²) in [6.07, 6.45) is 0.825. The molecular weight excluding hydrogens is 272 g/mol. The summed E-state index contributed by atoms with van der Waals surface area (Å²) in [4.78, 5) is 0. The van der Waals surface area contributed by atoms with Crippen LogP contribution in [0.3, 0.4) is 0 Å². The number of rotatable bonds is 5. The summed E-state index contributed by atoms with van der Waals surface area (Å²) in [5.74, 6) is 0.364. The molecule has 0 spiro atoms. The number of aromatic nitrogens is 2. The van der Waals surface area contributed by atoms with Crippen molar-refractivity contribution in [2.75, 3.05) is 6.61 Å². The molecule has 0 aliphatic rings. The van der Waals surface area contributed by atoms with Gasteiger partial charge in [0.15, 0.2) is 0 Å². The zero-order valence-corrected chi connectivity index (χ0v) is 13.0. The number of nitrogens with zero attached hydrogens (tertiary/aromatic N) is 2. The smallest absolute Gasteiger partial charge is 0.0688 e. The lowest BCUT2D eigenvalue weighted by atomic mass is 9.98. The summed E-state index contributed by atoms with van der Waals surface area (Å²) in [7, 11) is 0. The van der Waals surface area contributed by atoms with Crippen molar-refractivity contribution < 1.29 is 5.11 Å². The quantitative estimate of drug-likeness (QED) is 0.915. The van der Waals surface area contributed by atoms with Crippen LogP contribution in [0, 0.1) is 6.92 Å². The molecule has 1 aromatic heterocycles. The van der Waals surface area contributed by atoms with E-state index in [1.54, 1.807) is 0 Å². The Labute approximate surface area is 125 Å². The molecule has 0 atom stereocenters. The minimum atomic E-state index is 0.108. The van der Waals surface area contributed by atoms with Gasteiger partial charge in [-0.05, 0) is 30.5 Å². The van der Waals surface area contributed by atoms with Crippen LogP contribution in [0.1, 0.15) is 42.3 Å². The first kappa shape index (κ1) is 15.1. The Morgan fingerprint density at radius 3 is 2.70 bits per heavy atom. The highest BCUT2D eigenvalue weighted by molar-refractivity contribution is 6.30. The van der Waals surface area contributed by atoms with Crippen molar-refractivity contribution in [3.63, 3.8) is 0 Å². The van der Waals surface area contributed by atoms with Crippen molar-refractivity contribution in [1.29, 1.82) is 0 Å². The summed E-state index contributed by atoms with van der Waals surface area (Å²) in [5, 5.41) is 14.5. The summed E-state index contributed by atoms with van der Waals surface area (Å²) >= 11 is 6.05. The molecule has 0 saturated carbocycles. The third kappa shape index (κ3) is 3.22. The van der Waals surface area contributed by atoms with Crippen LogP contribution in [0.15, 0.2) is 24.3 Å². The van der Waals surface area contributed by atoms with Crippen molar-refractivity contribution in [1.82, 2.24) is 9.78 Å². The maximum Gasteiger partial charge on any atom is 0.0688 e. The number of aliphatic hydroxyl groups excluding tert-OH is 1. The molecule has 0 saturated heterocycles. The number of aliphatic hydroxyl groups is 1. The Bertz CT molecular complexity index is 590. The van der Waals surface area contributed by atoms with E-state index in [9.17, 15) is 0 Å². The second kappa shape index (κ2) is 6.42. The third-order valence-electron chi connectivity index (χ3n) is 3.49. The average molecular weight is 293 g/mol. The second-order valence-electron chi connectivity index (χ2n) is 5.36. The van der Waals surface area contributed by atoms with Gasteiger partial charge in [0.1, 0.15) is 0 Å². The second-order valence-corrected chi connectivity index (χ2v) is 5.79. The first-order valence-electron chi connectivity index (χ1n) is 6.94. The molecule has 20 heavy (non-hydrogen) atoms. The minimum absolute atomic E-state index is 0.108. The van der Waals surface area contributed by atoms with Gasteiger partial charge < -0.3 is 5.11 Å². The van der Waals surface area contributed by atoms with E-state index >= 15 is 0 Å². The highest BCUT2D eigenvalue weighted by Gasteiger charge is 2.17. The number of hydrogen-bond donors (Lipinski definition) is 1. The van der Waals surface area contributed by atoms with Crippen LogP contribution in [-0.4, -0.2) is 21.5 Å². The normalized spacial score (nSPS) is 11.3. The van der Waals surface area contributed by atoms with Crippen molar-refractivity contribution >= 4 is 11.6 Å². The molecule has 0 aliphatic carbocycles. The van der Waals surface area contributed by atoms with E-state index in [2.05, 4.69) is 31.9 Å². The predicted octanol–water partition coefficient (Wildman–Crippen LogP) is 3.55. The van der Waals surface area contributed by atoms with E-state index in [-0.39, 0.29) is 6.61 Å². The van der Waals surface area contributed by atoms with Gasteiger partial charge >= 0.3 is 0 Å². The Morgan fingerprint density at radius 1 is 1.35 bits per heavy atom. The highest BCUT2D eigenvalue weighted by Crippen LogP contribution is 2.25. The van der Waals surface area contributed by atoms with E-state index in [0.717, 1.165) is 22.8 Å². The standard InChI is InChI=1S/C16H21ClN2O/c1-11(2)16-15(12(3)19(18-16)7-8-20)10-13-5-4-6-14(17)9-13/h4-6,9,11,20H,7-8,10H2,1-3H3. The van der Waals surface area contributed by atoms with Crippen LogP contribution < -0.4 is 0 Å². The molecule has 0 bridgehead atoms. The van der Waals surface area contributed by atoms with Crippen LogP contribution >= 0.6 is 11.6 Å². The van der Waals surface area contributed by atoms with Gasteiger partial charge in [0.05, 0.1) is 18.8 Å². The van der Waals surface area contributed by atoms with Gasteiger partial charge in [-0.25, -0.2) is 0 Å². The zero-order valence-electron chi connectivity index (χ0n) is 12.2. The molecule has 0 unspecified atom stereocenters. The number of hydrogen-bond acceptors (Lipinski definition) is 2. The van der Waals surface area contributed by atoms with Gasteiger partial charge in [-0.15, -0.1) is 0 Å². The Balaban J connectivity index is 2.39. The first-order chi connectivity index (χ1) is 9.52. The maximum absolute atomic E-state index is 9.13. The number of benzene rings is 1. The van der Waals surface area contributed by atoms with Gasteiger partial charge in [-0.2, -0.15) is 5.10 Å². The molecule has 2 rings (SSSR count). The Morgan fingerprint density at radius 2 is 2.10 bits per heavy atom.